The third-order valence-corrected chi connectivity index (χ3v) is 3.73. The number of aromatic nitrogens is 2. The van der Waals surface area contributed by atoms with Crippen LogP contribution >= 0.6 is 11.6 Å². The minimum Gasteiger partial charge on any atom is -0.477 e. The van der Waals surface area contributed by atoms with Crippen molar-refractivity contribution in [3.63, 3.8) is 0 Å². The SMILES string of the molecule is O=C(O)c1cccc2c(Cl)nc(C3CCOCC3)n12. The number of carboxylic acid groups (broad SMARTS) is 1. The summed E-state index contributed by atoms with van der Waals surface area (Å²) in [5, 5.41) is 9.65. The van der Waals surface area contributed by atoms with Crippen molar-refractivity contribution >= 4 is 23.1 Å². The minimum absolute atomic E-state index is 0.189. The summed E-state index contributed by atoms with van der Waals surface area (Å²) in [4.78, 5) is 15.7. The predicted octanol–water partition coefficient (Wildman–Crippen LogP) is 2.58. The van der Waals surface area contributed by atoms with E-state index in [1.165, 1.54) is 0 Å². The van der Waals surface area contributed by atoms with Gasteiger partial charge in [0.15, 0.2) is 5.15 Å². The number of hydrogen-bond donors (Lipinski definition) is 1. The van der Waals surface area contributed by atoms with E-state index in [1.807, 2.05) is 0 Å². The first-order valence-corrected chi connectivity index (χ1v) is 6.54. The van der Waals surface area contributed by atoms with Crippen LogP contribution in [0, 0.1) is 0 Å². The van der Waals surface area contributed by atoms with Crippen LogP contribution in [-0.2, 0) is 4.74 Å². The van der Waals surface area contributed by atoms with Crippen LogP contribution in [0.1, 0.15) is 35.1 Å². The molecule has 100 valence electrons. The zero-order valence-electron chi connectivity index (χ0n) is 10.2. The van der Waals surface area contributed by atoms with Crippen molar-refractivity contribution in [2.75, 3.05) is 13.2 Å². The Hall–Kier alpha value is -1.59. The lowest BCUT2D eigenvalue weighted by Crippen LogP contribution is -2.18. The zero-order chi connectivity index (χ0) is 13.4. The molecular formula is C13H13ClN2O3. The van der Waals surface area contributed by atoms with Crippen LogP contribution in [0.4, 0.5) is 0 Å². The molecule has 0 aromatic carbocycles. The van der Waals surface area contributed by atoms with Gasteiger partial charge in [-0.05, 0) is 25.0 Å². The molecule has 5 nitrogen and oxygen atoms in total. The normalized spacial score (nSPS) is 16.9. The third kappa shape index (κ3) is 2.09. The van der Waals surface area contributed by atoms with Gasteiger partial charge in [0.25, 0.3) is 0 Å². The number of imidazole rings is 1. The highest BCUT2D eigenvalue weighted by molar-refractivity contribution is 6.32. The van der Waals surface area contributed by atoms with Gasteiger partial charge < -0.3 is 9.84 Å². The van der Waals surface area contributed by atoms with E-state index < -0.39 is 5.97 Å². The molecular weight excluding hydrogens is 268 g/mol. The van der Waals surface area contributed by atoms with Crippen LogP contribution in [0.5, 0.6) is 0 Å². The first kappa shape index (κ1) is 12.4. The number of ether oxygens (including phenoxy) is 1. The standard InChI is InChI=1S/C13H13ClN2O3/c14-11-9-2-1-3-10(13(17)18)16(9)12(15-11)8-4-6-19-7-5-8/h1-3,8H,4-7H2,(H,17,18). The molecule has 3 heterocycles. The highest BCUT2D eigenvalue weighted by Gasteiger charge is 2.24. The number of halogens is 1. The number of hydrogen-bond acceptors (Lipinski definition) is 3. The molecule has 1 saturated heterocycles. The van der Waals surface area contributed by atoms with E-state index in [0.29, 0.717) is 23.9 Å². The van der Waals surface area contributed by atoms with Crippen LogP contribution in [-0.4, -0.2) is 33.7 Å². The smallest absolute Gasteiger partial charge is 0.352 e. The van der Waals surface area contributed by atoms with Gasteiger partial charge in [0.2, 0.25) is 0 Å². The van der Waals surface area contributed by atoms with Gasteiger partial charge in [0.1, 0.15) is 11.5 Å². The van der Waals surface area contributed by atoms with Gasteiger partial charge in [0, 0.05) is 19.1 Å². The fourth-order valence-corrected chi connectivity index (χ4v) is 2.76. The summed E-state index contributed by atoms with van der Waals surface area (Å²) in [6.07, 6.45) is 1.67. The Bertz CT molecular complexity index is 632. The minimum atomic E-state index is -0.979. The molecule has 0 atom stereocenters. The molecule has 2 aromatic heterocycles. The summed E-state index contributed by atoms with van der Waals surface area (Å²) in [5.41, 5.74) is 0.835. The summed E-state index contributed by atoms with van der Waals surface area (Å²) >= 11 is 6.12. The number of aromatic carboxylic acids is 1. The number of fused-ring (bicyclic) bond motifs is 1. The lowest BCUT2D eigenvalue weighted by atomic mass is 9.99. The van der Waals surface area contributed by atoms with Crippen molar-refractivity contribution in [1.29, 1.82) is 0 Å². The van der Waals surface area contributed by atoms with Crippen molar-refractivity contribution in [3.05, 3.63) is 34.9 Å². The monoisotopic (exact) mass is 280 g/mol. The number of carbonyl (C=O) groups is 1. The van der Waals surface area contributed by atoms with Crippen molar-refractivity contribution < 1.29 is 14.6 Å². The number of nitrogens with zero attached hydrogens (tertiary/aromatic N) is 2. The topological polar surface area (TPSA) is 63.8 Å². The quantitative estimate of drug-likeness (QED) is 0.918. The Morgan fingerprint density at radius 2 is 2.16 bits per heavy atom. The number of pyridine rings is 1. The molecule has 0 unspecified atom stereocenters. The Morgan fingerprint density at radius 3 is 2.84 bits per heavy atom. The van der Waals surface area contributed by atoms with E-state index in [9.17, 15) is 9.90 Å². The Balaban J connectivity index is 2.20. The van der Waals surface area contributed by atoms with E-state index in [2.05, 4.69) is 4.98 Å². The molecule has 0 spiro atoms. The lowest BCUT2D eigenvalue weighted by Gasteiger charge is -2.21. The van der Waals surface area contributed by atoms with Gasteiger partial charge >= 0.3 is 5.97 Å². The largest absolute Gasteiger partial charge is 0.477 e. The van der Waals surface area contributed by atoms with Crippen LogP contribution in [0.15, 0.2) is 18.2 Å². The molecule has 0 aliphatic carbocycles. The van der Waals surface area contributed by atoms with Gasteiger partial charge in [-0.3, -0.25) is 4.40 Å². The summed E-state index contributed by atoms with van der Waals surface area (Å²) in [6.45, 7) is 1.35. The Kier molecular flexibility index (Phi) is 3.16. The average molecular weight is 281 g/mol. The molecule has 1 fully saturated rings. The highest BCUT2D eigenvalue weighted by atomic mass is 35.5. The molecule has 0 bridgehead atoms. The highest BCUT2D eigenvalue weighted by Crippen LogP contribution is 2.30. The molecule has 19 heavy (non-hydrogen) atoms. The van der Waals surface area contributed by atoms with Crippen molar-refractivity contribution in [3.8, 4) is 0 Å². The number of rotatable bonds is 2. The van der Waals surface area contributed by atoms with Crippen molar-refractivity contribution in [2.24, 2.45) is 0 Å². The second-order valence-corrected chi connectivity index (χ2v) is 4.94. The fourth-order valence-electron chi connectivity index (χ4n) is 2.52. The number of carboxylic acids is 1. The summed E-state index contributed by atoms with van der Waals surface area (Å²) in [6, 6.07) is 5.03. The molecule has 2 aromatic rings. The first-order valence-electron chi connectivity index (χ1n) is 6.16. The fraction of sp³-hybridized carbons (Fsp3) is 0.385. The van der Waals surface area contributed by atoms with E-state index in [-0.39, 0.29) is 11.6 Å². The van der Waals surface area contributed by atoms with E-state index in [1.54, 1.807) is 22.6 Å². The van der Waals surface area contributed by atoms with Gasteiger partial charge in [0.05, 0.1) is 5.52 Å². The molecule has 1 N–H and O–H groups in total. The van der Waals surface area contributed by atoms with E-state index in [4.69, 9.17) is 16.3 Å². The molecule has 0 radical (unpaired) electrons. The average Bonchev–Trinajstić information content (AvgIpc) is 2.77. The second-order valence-electron chi connectivity index (χ2n) is 4.58. The van der Waals surface area contributed by atoms with Crippen LogP contribution < -0.4 is 0 Å². The predicted molar refractivity (Wildman–Crippen MR) is 70.0 cm³/mol. The summed E-state index contributed by atoms with van der Waals surface area (Å²) in [5.74, 6) is -0.0662. The Labute approximate surface area is 114 Å². The molecule has 1 aliphatic heterocycles. The molecule has 3 rings (SSSR count). The van der Waals surface area contributed by atoms with E-state index >= 15 is 0 Å². The van der Waals surface area contributed by atoms with Gasteiger partial charge in [-0.2, -0.15) is 0 Å². The maximum Gasteiger partial charge on any atom is 0.352 e. The molecule has 6 heteroatoms. The zero-order valence-corrected chi connectivity index (χ0v) is 10.9. The van der Waals surface area contributed by atoms with E-state index in [0.717, 1.165) is 18.7 Å². The second kappa shape index (κ2) is 4.83. The van der Waals surface area contributed by atoms with Crippen LogP contribution in [0.3, 0.4) is 0 Å². The summed E-state index contributed by atoms with van der Waals surface area (Å²) in [7, 11) is 0. The maximum absolute atomic E-state index is 11.3. The van der Waals surface area contributed by atoms with Gasteiger partial charge in [-0.15, -0.1) is 0 Å². The lowest BCUT2D eigenvalue weighted by molar-refractivity contribution is 0.0686. The first-order chi connectivity index (χ1) is 9.18. The van der Waals surface area contributed by atoms with Gasteiger partial charge in [-0.1, -0.05) is 17.7 Å². The van der Waals surface area contributed by atoms with Crippen LogP contribution in [0.2, 0.25) is 5.15 Å². The van der Waals surface area contributed by atoms with Gasteiger partial charge in [-0.25, -0.2) is 9.78 Å². The summed E-state index contributed by atoms with van der Waals surface area (Å²) < 4.78 is 6.98. The van der Waals surface area contributed by atoms with Crippen LogP contribution in [0.25, 0.3) is 5.52 Å². The Morgan fingerprint density at radius 1 is 1.42 bits per heavy atom. The molecule has 0 saturated carbocycles. The van der Waals surface area contributed by atoms with Crippen molar-refractivity contribution in [2.45, 2.75) is 18.8 Å². The molecule has 0 amide bonds. The maximum atomic E-state index is 11.3. The molecule has 1 aliphatic rings. The van der Waals surface area contributed by atoms with Crippen molar-refractivity contribution in [1.82, 2.24) is 9.38 Å². The third-order valence-electron chi connectivity index (χ3n) is 3.45.